The molecule has 0 aliphatic heterocycles. The largest absolute Gasteiger partial charge is 0.390 e. The van der Waals surface area contributed by atoms with Crippen LogP contribution in [0, 0.1) is 5.92 Å². The van der Waals surface area contributed by atoms with Gasteiger partial charge in [-0.05, 0) is 32.6 Å². The molecule has 1 fully saturated rings. The van der Waals surface area contributed by atoms with Gasteiger partial charge in [0, 0.05) is 5.92 Å². The topological polar surface area (TPSA) is 20.2 Å². The van der Waals surface area contributed by atoms with E-state index in [0.29, 0.717) is 5.92 Å². The summed E-state index contributed by atoms with van der Waals surface area (Å²) in [5.74, 6) is 0.399. The van der Waals surface area contributed by atoms with Gasteiger partial charge in [0.25, 0.3) is 0 Å². The molecule has 0 unspecified atom stereocenters. The van der Waals surface area contributed by atoms with Gasteiger partial charge in [0.2, 0.25) is 0 Å². The van der Waals surface area contributed by atoms with E-state index in [4.69, 9.17) is 0 Å². The molecule has 0 bridgehead atoms. The van der Waals surface area contributed by atoms with Crippen LogP contribution in [-0.4, -0.2) is 10.7 Å². The van der Waals surface area contributed by atoms with Gasteiger partial charge in [0.15, 0.2) is 0 Å². The molecular formula is C11H16O. The molecule has 1 saturated carbocycles. The van der Waals surface area contributed by atoms with Crippen LogP contribution in [0.25, 0.3) is 0 Å². The fraction of sp³-hybridized carbons (Fsp3) is 0.636. The van der Waals surface area contributed by atoms with Gasteiger partial charge in [-0.15, -0.1) is 0 Å². The molecule has 0 amide bonds. The first-order chi connectivity index (χ1) is 5.70. The fourth-order valence-electron chi connectivity index (χ4n) is 2.41. The van der Waals surface area contributed by atoms with Gasteiger partial charge in [-0.2, -0.15) is 0 Å². The average molecular weight is 164 g/mol. The minimum atomic E-state index is -0.450. The maximum absolute atomic E-state index is 10.1. The van der Waals surface area contributed by atoms with Crippen molar-refractivity contribution >= 4 is 0 Å². The van der Waals surface area contributed by atoms with E-state index in [1.807, 2.05) is 6.92 Å². The molecule has 2 aliphatic rings. The molecule has 2 aliphatic carbocycles. The third-order valence-electron chi connectivity index (χ3n) is 3.16. The third-order valence-corrected chi connectivity index (χ3v) is 3.16. The van der Waals surface area contributed by atoms with Crippen LogP contribution in [0.15, 0.2) is 23.8 Å². The monoisotopic (exact) mass is 164 g/mol. The molecule has 12 heavy (non-hydrogen) atoms. The first-order valence-electron chi connectivity index (χ1n) is 4.78. The summed E-state index contributed by atoms with van der Waals surface area (Å²) in [5, 5.41) is 10.1. The Kier molecular flexibility index (Phi) is 1.84. The summed E-state index contributed by atoms with van der Waals surface area (Å²) in [6.07, 6.45) is 10.8. The second-order valence-corrected chi connectivity index (χ2v) is 4.17. The molecule has 1 N–H and O–H groups in total. The molecule has 2 atom stereocenters. The van der Waals surface area contributed by atoms with E-state index in [0.717, 1.165) is 19.3 Å². The molecule has 0 aromatic heterocycles. The number of rotatable bonds is 0. The Morgan fingerprint density at radius 3 is 3.17 bits per heavy atom. The summed E-state index contributed by atoms with van der Waals surface area (Å²) in [4.78, 5) is 0. The van der Waals surface area contributed by atoms with E-state index in [9.17, 15) is 5.11 Å². The van der Waals surface area contributed by atoms with E-state index in [1.54, 1.807) is 0 Å². The summed E-state index contributed by atoms with van der Waals surface area (Å²) >= 11 is 0. The van der Waals surface area contributed by atoms with Crippen molar-refractivity contribution in [1.82, 2.24) is 0 Å². The first kappa shape index (κ1) is 8.06. The predicted octanol–water partition coefficient (Wildman–Crippen LogP) is 2.42. The Labute approximate surface area is 73.8 Å². The van der Waals surface area contributed by atoms with Crippen LogP contribution < -0.4 is 0 Å². The van der Waals surface area contributed by atoms with Crippen molar-refractivity contribution in [2.24, 2.45) is 5.92 Å². The third kappa shape index (κ3) is 1.22. The van der Waals surface area contributed by atoms with Gasteiger partial charge in [0.1, 0.15) is 0 Å². The average Bonchev–Trinajstić information content (AvgIpc) is 2.04. The zero-order valence-electron chi connectivity index (χ0n) is 7.59. The van der Waals surface area contributed by atoms with Crippen LogP contribution in [0.3, 0.4) is 0 Å². The first-order valence-corrected chi connectivity index (χ1v) is 4.78. The summed E-state index contributed by atoms with van der Waals surface area (Å²) in [7, 11) is 0. The van der Waals surface area contributed by atoms with E-state index < -0.39 is 5.60 Å². The van der Waals surface area contributed by atoms with Crippen LogP contribution in [0.4, 0.5) is 0 Å². The molecule has 0 aromatic carbocycles. The summed E-state index contributed by atoms with van der Waals surface area (Å²) < 4.78 is 0. The van der Waals surface area contributed by atoms with Crippen molar-refractivity contribution in [2.45, 2.75) is 38.2 Å². The summed E-state index contributed by atoms with van der Waals surface area (Å²) in [5.41, 5.74) is 1.00. The Morgan fingerprint density at radius 2 is 2.42 bits per heavy atom. The number of hydrogen-bond donors (Lipinski definition) is 1. The number of aliphatic hydroxyl groups is 1. The number of allylic oxidation sites excluding steroid dienone is 3. The number of fused-ring (bicyclic) bond motifs is 1. The quantitative estimate of drug-likeness (QED) is 0.583. The van der Waals surface area contributed by atoms with Crippen LogP contribution in [0.1, 0.15) is 32.6 Å². The van der Waals surface area contributed by atoms with E-state index in [-0.39, 0.29) is 0 Å². The summed E-state index contributed by atoms with van der Waals surface area (Å²) in [6, 6.07) is 0. The fourth-order valence-corrected chi connectivity index (χ4v) is 2.41. The highest BCUT2D eigenvalue weighted by atomic mass is 16.3. The normalized spacial score (nSPS) is 40.5. The van der Waals surface area contributed by atoms with Gasteiger partial charge in [-0.3, -0.25) is 0 Å². The van der Waals surface area contributed by atoms with E-state index in [1.165, 1.54) is 12.0 Å². The molecule has 0 radical (unpaired) electrons. The van der Waals surface area contributed by atoms with Gasteiger partial charge < -0.3 is 5.11 Å². The van der Waals surface area contributed by atoms with Crippen molar-refractivity contribution in [3.8, 4) is 0 Å². The Bertz CT molecular complexity index is 235. The van der Waals surface area contributed by atoms with Crippen molar-refractivity contribution in [2.75, 3.05) is 0 Å². The minimum Gasteiger partial charge on any atom is -0.390 e. The second-order valence-electron chi connectivity index (χ2n) is 4.17. The lowest BCUT2D eigenvalue weighted by atomic mass is 9.70. The molecule has 0 aromatic rings. The van der Waals surface area contributed by atoms with Crippen molar-refractivity contribution in [3.63, 3.8) is 0 Å². The molecule has 66 valence electrons. The standard InChI is InChI=1S/C11H16O/c1-11(12)8-4-6-9-5-2-3-7-10(9)11/h2-3,5,10,12H,4,6-8H2,1H3/t10-,11-/m1/s1. The lowest BCUT2D eigenvalue weighted by Gasteiger charge is -2.39. The molecule has 1 nitrogen and oxygen atoms in total. The number of hydrogen-bond acceptors (Lipinski definition) is 1. The lowest BCUT2D eigenvalue weighted by Crippen LogP contribution is -2.39. The van der Waals surface area contributed by atoms with Crippen molar-refractivity contribution in [3.05, 3.63) is 23.8 Å². The van der Waals surface area contributed by atoms with Gasteiger partial charge >= 0.3 is 0 Å². The lowest BCUT2D eigenvalue weighted by molar-refractivity contribution is -0.00837. The molecule has 1 heteroatoms. The van der Waals surface area contributed by atoms with Gasteiger partial charge in [0.05, 0.1) is 5.60 Å². The molecule has 0 heterocycles. The molecule has 0 spiro atoms. The highest BCUT2D eigenvalue weighted by Gasteiger charge is 2.36. The van der Waals surface area contributed by atoms with Crippen LogP contribution in [0.2, 0.25) is 0 Å². The Balaban J connectivity index is 2.26. The molecule has 0 saturated heterocycles. The van der Waals surface area contributed by atoms with E-state index in [2.05, 4.69) is 18.2 Å². The molecular weight excluding hydrogens is 148 g/mol. The maximum Gasteiger partial charge on any atom is 0.0687 e. The SMILES string of the molecule is C[C@@]1(O)CCCC2=CC=CC[C@H]21. The van der Waals surface area contributed by atoms with E-state index >= 15 is 0 Å². The smallest absolute Gasteiger partial charge is 0.0687 e. The Hall–Kier alpha value is -0.560. The zero-order valence-corrected chi connectivity index (χ0v) is 7.59. The molecule has 2 rings (SSSR count). The maximum atomic E-state index is 10.1. The summed E-state index contributed by atoms with van der Waals surface area (Å²) in [6.45, 7) is 1.98. The van der Waals surface area contributed by atoms with Crippen LogP contribution in [0.5, 0.6) is 0 Å². The Morgan fingerprint density at radius 1 is 1.58 bits per heavy atom. The highest BCUT2D eigenvalue weighted by Crippen LogP contribution is 2.40. The predicted molar refractivity (Wildman–Crippen MR) is 49.8 cm³/mol. The minimum absolute atomic E-state index is 0.399. The van der Waals surface area contributed by atoms with Crippen molar-refractivity contribution < 1.29 is 5.11 Å². The van der Waals surface area contributed by atoms with Gasteiger partial charge in [-0.1, -0.05) is 23.8 Å². The zero-order chi connectivity index (χ0) is 8.60. The van der Waals surface area contributed by atoms with Gasteiger partial charge in [-0.25, -0.2) is 0 Å². The van der Waals surface area contributed by atoms with Crippen LogP contribution >= 0.6 is 0 Å². The highest BCUT2D eigenvalue weighted by molar-refractivity contribution is 5.25. The second kappa shape index (κ2) is 2.74. The van der Waals surface area contributed by atoms with Crippen LogP contribution in [-0.2, 0) is 0 Å². The van der Waals surface area contributed by atoms with Crippen molar-refractivity contribution in [1.29, 1.82) is 0 Å².